The molecule has 0 aliphatic heterocycles. The highest BCUT2D eigenvalue weighted by atomic mass is 35.5. The van der Waals surface area contributed by atoms with Gasteiger partial charge in [0.15, 0.2) is 5.69 Å². The summed E-state index contributed by atoms with van der Waals surface area (Å²) >= 11 is 11.6. The second-order valence-corrected chi connectivity index (χ2v) is 5.13. The van der Waals surface area contributed by atoms with Gasteiger partial charge in [0, 0.05) is 11.1 Å². The van der Waals surface area contributed by atoms with Gasteiger partial charge in [0.25, 0.3) is 5.56 Å². The molecule has 0 saturated heterocycles. The van der Waals surface area contributed by atoms with Crippen LogP contribution in [0.25, 0.3) is 0 Å². The smallest absolute Gasteiger partial charge is 0.352 e. The summed E-state index contributed by atoms with van der Waals surface area (Å²) in [5.41, 5.74) is -2.98. The van der Waals surface area contributed by atoms with Gasteiger partial charge in [-0.25, -0.2) is 13.8 Å². The predicted molar refractivity (Wildman–Crippen MR) is 76.0 cm³/mol. The van der Waals surface area contributed by atoms with E-state index >= 15 is 0 Å². The van der Waals surface area contributed by atoms with E-state index in [1.54, 1.807) is 6.07 Å². The van der Waals surface area contributed by atoms with Crippen LogP contribution >= 0.6 is 23.2 Å². The summed E-state index contributed by atoms with van der Waals surface area (Å²) in [7, 11) is 0. The van der Waals surface area contributed by atoms with Gasteiger partial charge in [0.05, 0.1) is 11.9 Å². The largest absolute Gasteiger partial charge is 0.448 e. The van der Waals surface area contributed by atoms with Gasteiger partial charge in [-0.15, -0.1) is 0 Å². The van der Waals surface area contributed by atoms with Gasteiger partial charge in [-0.05, 0) is 6.07 Å². The SMILES string of the molecule is N#Cc1cc(Cl)cc(Oc2c(C(F)(F)C(F)F)nc[nH]c2=O)c1Cl. The fourth-order valence-corrected chi connectivity index (χ4v) is 2.05. The molecule has 1 aromatic heterocycles. The van der Waals surface area contributed by atoms with Gasteiger partial charge in [-0.1, -0.05) is 23.2 Å². The number of rotatable bonds is 4. The average molecular weight is 382 g/mol. The van der Waals surface area contributed by atoms with Gasteiger partial charge in [-0.2, -0.15) is 14.0 Å². The summed E-state index contributed by atoms with van der Waals surface area (Å²) in [4.78, 5) is 16.7. The van der Waals surface area contributed by atoms with Gasteiger partial charge in [-0.3, -0.25) is 4.79 Å². The summed E-state index contributed by atoms with van der Waals surface area (Å²) in [6.45, 7) is 0. The number of hydrogen-bond donors (Lipinski definition) is 1. The minimum Gasteiger partial charge on any atom is -0.448 e. The number of H-pyrrole nitrogens is 1. The third-order valence-corrected chi connectivity index (χ3v) is 3.34. The standard InChI is InChI=1S/C13H5Cl2F4N3O2/c14-6-1-5(3-20)8(15)7(2-6)24-9-10(13(18,19)12(16)17)21-4-22-11(9)23/h1-2,4,12H,(H,21,22,23). The van der Waals surface area contributed by atoms with E-state index in [1.165, 1.54) is 6.07 Å². The van der Waals surface area contributed by atoms with Crippen molar-refractivity contribution in [2.24, 2.45) is 0 Å². The van der Waals surface area contributed by atoms with Crippen LogP contribution < -0.4 is 10.3 Å². The van der Waals surface area contributed by atoms with Crippen molar-refractivity contribution in [1.29, 1.82) is 5.26 Å². The normalized spacial score (nSPS) is 11.4. The zero-order chi connectivity index (χ0) is 18.1. The van der Waals surface area contributed by atoms with Crippen LogP contribution in [0, 0.1) is 11.3 Å². The monoisotopic (exact) mass is 381 g/mol. The lowest BCUT2D eigenvalue weighted by atomic mass is 10.2. The molecule has 0 radical (unpaired) electrons. The molecule has 0 unspecified atom stereocenters. The van der Waals surface area contributed by atoms with Crippen LogP contribution in [0.1, 0.15) is 11.3 Å². The molecule has 24 heavy (non-hydrogen) atoms. The van der Waals surface area contributed by atoms with Crippen molar-refractivity contribution in [3.8, 4) is 17.6 Å². The topological polar surface area (TPSA) is 78.8 Å². The molecule has 0 spiro atoms. The van der Waals surface area contributed by atoms with Crippen LogP contribution in [0.2, 0.25) is 10.0 Å². The second-order valence-electron chi connectivity index (χ2n) is 4.31. The number of benzene rings is 1. The van der Waals surface area contributed by atoms with E-state index in [0.717, 1.165) is 6.07 Å². The number of ether oxygens (including phenoxy) is 1. The van der Waals surface area contributed by atoms with Gasteiger partial charge < -0.3 is 9.72 Å². The van der Waals surface area contributed by atoms with Gasteiger partial charge >= 0.3 is 12.3 Å². The van der Waals surface area contributed by atoms with E-state index in [0.29, 0.717) is 6.33 Å². The van der Waals surface area contributed by atoms with Crippen molar-refractivity contribution in [3.63, 3.8) is 0 Å². The Balaban J connectivity index is 2.63. The zero-order valence-electron chi connectivity index (χ0n) is 11.3. The highest BCUT2D eigenvalue weighted by Crippen LogP contribution is 2.40. The number of alkyl halides is 4. The first kappa shape index (κ1) is 18.0. The predicted octanol–water partition coefficient (Wildman–Crippen LogP) is 4.10. The van der Waals surface area contributed by atoms with Gasteiger partial charge in [0.1, 0.15) is 16.8 Å². The molecule has 2 rings (SSSR count). The Morgan fingerprint density at radius 2 is 2.00 bits per heavy atom. The lowest BCUT2D eigenvalue weighted by Gasteiger charge is -2.17. The Morgan fingerprint density at radius 1 is 1.33 bits per heavy atom. The molecule has 0 fully saturated rings. The minimum atomic E-state index is -4.74. The molecule has 0 aliphatic rings. The Morgan fingerprint density at radius 3 is 2.58 bits per heavy atom. The maximum atomic E-state index is 13.6. The van der Waals surface area contributed by atoms with Crippen LogP contribution in [0.4, 0.5) is 17.6 Å². The van der Waals surface area contributed by atoms with E-state index in [9.17, 15) is 22.4 Å². The van der Waals surface area contributed by atoms with Crippen molar-refractivity contribution >= 4 is 23.2 Å². The maximum Gasteiger partial charge on any atom is 0.352 e. The fourth-order valence-electron chi connectivity index (χ4n) is 1.65. The van der Waals surface area contributed by atoms with E-state index in [1.807, 2.05) is 4.98 Å². The Hall–Kier alpha value is -2.31. The molecule has 11 heteroatoms. The quantitative estimate of drug-likeness (QED) is 0.808. The zero-order valence-corrected chi connectivity index (χ0v) is 12.8. The van der Waals surface area contributed by atoms with Crippen molar-refractivity contribution in [2.75, 3.05) is 0 Å². The molecule has 0 saturated carbocycles. The van der Waals surface area contributed by atoms with Crippen molar-refractivity contribution < 1.29 is 22.3 Å². The van der Waals surface area contributed by atoms with Crippen LogP contribution in [0.3, 0.4) is 0 Å². The first-order valence-electron chi connectivity index (χ1n) is 5.99. The molecule has 5 nitrogen and oxygen atoms in total. The number of aromatic nitrogens is 2. The summed E-state index contributed by atoms with van der Waals surface area (Å²) in [5, 5.41) is 8.51. The van der Waals surface area contributed by atoms with Crippen molar-refractivity contribution in [3.05, 3.63) is 50.1 Å². The molecular weight excluding hydrogens is 377 g/mol. The number of nitriles is 1. The molecule has 2 aromatic rings. The minimum absolute atomic E-state index is 0.0477. The highest BCUT2D eigenvalue weighted by molar-refractivity contribution is 6.35. The van der Waals surface area contributed by atoms with E-state index < -0.39 is 35.1 Å². The molecule has 1 N–H and O–H groups in total. The lowest BCUT2D eigenvalue weighted by molar-refractivity contribution is -0.139. The van der Waals surface area contributed by atoms with Gasteiger partial charge in [0.2, 0.25) is 5.75 Å². The van der Waals surface area contributed by atoms with E-state index in [4.69, 9.17) is 33.2 Å². The average Bonchev–Trinajstić information content (AvgIpc) is 2.51. The number of aromatic amines is 1. The highest BCUT2D eigenvalue weighted by Gasteiger charge is 2.47. The third-order valence-electron chi connectivity index (χ3n) is 2.74. The molecule has 0 bridgehead atoms. The molecule has 1 heterocycles. The number of halogens is 6. The molecule has 0 atom stereocenters. The van der Waals surface area contributed by atoms with Crippen LogP contribution in [-0.4, -0.2) is 16.4 Å². The van der Waals surface area contributed by atoms with Crippen LogP contribution in [0.5, 0.6) is 11.5 Å². The van der Waals surface area contributed by atoms with Crippen molar-refractivity contribution in [2.45, 2.75) is 12.3 Å². The summed E-state index contributed by atoms with van der Waals surface area (Å²) in [5.74, 6) is -6.37. The van der Waals surface area contributed by atoms with E-state index in [-0.39, 0.29) is 15.6 Å². The van der Waals surface area contributed by atoms with Crippen LogP contribution in [-0.2, 0) is 5.92 Å². The third kappa shape index (κ3) is 3.29. The molecule has 0 amide bonds. The molecular formula is C13H5Cl2F4N3O2. The fraction of sp³-hybridized carbons (Fsp3) is 0.154. The van der Waals surface area contributed by atoms with Crippen molar-refractivity contribution in [1.82, 2.24) is 9.97 Å². The second kappa shape index (κ2) is 6.67. The molecule has 1 aromatic carbocycles. The first-order chi connectivity index (χ1) is 11.2. The maximum absolute atomic E-state index is 13.6. The summed E-state index contributed by atoms with van der Waals surface area (Å²) in [6.07, 6.45) is -3.60. The summed E-state index contributed by atoms with van der Waals surface area (Å²) < 4.78 is 57.3. The Labute approximate surface area is 141 Å². The van der Waals surface area contributed by atoms with Crippen LogP contribution in [0.15, 0.2) is 23.3 Å². The van der Waals surface area contributed by atoms with E-state index in [2.05, 4.69) is 4.98 Å². The summed E-state index contributed by atoms with van der Waals surface area (Å²) in [6, 6.07) is 3.87. The Kier molecular flexibility index (Phi) is 5.01. The molecule has 126 valence electrons. The lowest BCUT2D eigenvalue weighted by Crippen LogP contribution is -2.28. The number of nitrogens with zero attached hydrogens (tertiary/aromatic N) is 2. The Bertz CT molecular complexity index is 880. The number of nitrogens with one attached hydrogen (secondary N) is 1. The first-order valence-corrected chi connectivity index (χ1v) is 6.75. The number of hydrogen-bond acceptors (Lipinski definition) is 4. The molecule has 0 aliphatic carbocycles.